The molecule has 0 spiro atoms. The fraction of sp³-hybridized carbons (Fsp3) is 0.333. The Morgan fingerprint density at radius 2 is 1.95 bits per heavy atom. The van der Waals surface area contributed by atoms with Crippen molar-refractivity contribution in [3.63, 3.8) is 0 Å². The molecule has 1 rings (SSSR count). The van der Waals surface area contributed by atoms with Crippen LogP contribution in [0.15, 0.2) is 38.7 Å². The lowest BCUT2D eigenvalue weighted by Gasteiger charge is -2.05. The molecule has 0 radical (unpaired) electrons. The Bertz CT molecular complexity index is 596. The van der Waals surface area contributed by atoms with Gasteiger partial charge < -0.3 is 4.74 Å². The molecule has 0 aliphatic carbocycles. The predicted octanol–water partition coefficient (Wildman–Crippen LogP) is 2.06. The second kappa shape index (κ2) is 7.39. The molecule has 0 aromatic heterocycles. The van der Waals surface area contributed by atoms with E-state index in [1.165, 1.54) is 12.1 Å². The second-order valence-corrected chi connectivity index (χ2v) is 6.45. The Balaban J connectivity index is 2.72. The molecule has 8 heteroatoms. The molecule has 0 amide bonds. The summed E-state index contributed by atoms with van der Waals surface area (Å²) in [5.41, 5.74) is 0.323. The molecule has 110 valence electrons. The number of carbonyl (C=O) groups excluding carboxylic acids is 1. The Kier molecular flexibility index (Phi) is 6.15. The fourth-order valence-electron chi connectivity index (χ4n) is 1.26. The maximum absolute atomic E-state index is 11.9. The fourth-order valence-corrected chi connectivity index (χ4v) is 2.41. The molecule has 0 heterocycles. The van der Waals surface area contributed by atoms with Crippen LogP contribution in [0, 0.1) is 0 Å². The molecule has 20 heavy (non-hydrogen) atoms. The van der Waals surface area contributed by atoms with Gasteiger partial charge in [-0.1, -0.05) is 15.9 Å². The third-order valence-corrected chi connectivity index (χ3v) is 3.94. The van der Waals surface area contributed by atoms with E-state index in [0.29, 0.717) is 5.71 Å². The van der Waals surface area contributed by atoms with Gasteiger partial charge in [0.25, 0.3) is 10.0 Å². The SMILES string of the molecule is CCOC(=O)C/C(C)=N/NS(=O)(=O)c1ccc(Br)cc1. The van der Waals surface area contributed by atoms with Crippen LogP contribution >= 0.6 is 15.9 Å². The van der Waals surface area contributed by atoms with Crippen molar-refractivity contribution >= 4 is 37.6 Å². The predicted molar refractivity (Wildman–Crippen MR) is 78.8 cm³/mol. The molecule has 0 saturated heterocycles. The molecule has 1 N–H and O–H groups in total. The summed E-state index contributed by atoms with van der Waals surface area (Å²) in [5, 5.41) is 3.68. The lowest BCUT2D eigenvalue weighted by atomic mass is 10.3. The average molecular weight is 363 g/mol. The minimum Gasteiger partial charge on any atom is -0.466 e. The van der Waals surface area contributed by atoms with Gasteiger partial charge in [-0.3, -0.25) is 4.79 Å². The summed E-state index contributed by atoms with van der Waals surface area (Å²) in [6.45, 7) is 3.51. The molecular weight excluding hydrogens is 348 g/mol. The van der Waals surface area contributed by atoms with Crippen LogP contribution in [0.1, 0.15) is 20.3 Å². The van der Waals surface area contributed by atoms with Gasteiger partial charge in [-0.25, -0.2) is 4.83 Å². The summed E-state index contributed by atoms with van der Waals surface area (Å²) < 4.78 is 29.3. The van der Waals surface area contributed by atoms with Gasteiger partial charge >= 0.3 is 5.97 Å². The number of esters is 1. The van der Waals surface area contributed by atoms with E-state index in [1.54, 1.807) is 26.0 Å². The largest absolute Gasteiger partial charge is 0.466 e. The smallest absolute Gasteiger partial charge is 0.311 e. The number of hydrogen-bond donors (Lipinski definition) is 1. The number of benzene rings is 1. The van der Waals surface area contributed by atoms with Gasteiger partial charge in [-0.2, -0.15) is 13.5 Å². The maximum atomic E-state index is 11.9. The zero-order valence-electron chi connectivity index (χ0n) is 11.1. The minimum absolute atomic E-state index is 0.0588. The van der Waals surface area contributed by atoms with Crippen LogP contribution in [0.4, 0.5) is 0 Å². The van der Waals surface area contributed by atoms with E-state index in [4.69, 9.17) is 4.74 Å². The standard InChI is InChI=1S/C12H15BrN2O4S/c1-3-19-12(16)8-9(2)14-15-20(17,18)11-6-4-10(13)5-7-11/h4-7,15H,3,8H2,1-2H3/b14-9+. The molecule has 0 atom stereocenters. The van der Waals surface area contributed by atoms with Crippen LogP contribution in [0.3, 0.4) is 0 Å². The van der Waals surface area contributed by atoms with Crippen molar-refractivity contribution in [2.75, 3.05) is 6.61 Å². The quantitative estimate of drug-likeness (QED) is 0.476. The van der Waals surface area contributed by atoms with Crippen LogP contribution in [-0.4, -0.2) is 26.7 Å². The van der Waals surface area contributed by atoms with Gasteiger partial charge in [0.1, 0.15) is 0 Å². The molecule has 0 aliphatic heterocycles. The molecule has 0 unspecified atom stereocenters. The number of nitrogens with one attached hydrogen (secondary N) is 1. The van der Waals surface area contributed by atoms with E-state index >= 15 is 0 Å². The summed E-state index contributed by atoms with van der Waals surface area (Å²) >= 11 is 3.22. The number of ether oxygens (including phenoxy) is 1. The molecule has 0 fully saturated rings. The Morgan fingerprint density at radius 3 is 2.50 bits per heavy atom. The van der Waals surface area contributed by atoms with Crippen LogP contribution in [0.5, 0.6) is 0 Å². The Labute approximate surface area is 126 Å². The van der Waals surface area contributed by atoms with Crippen molar-refractivity contribution in [2.45, 2.75) is 25.2 Å². The van der Waals surface area contributed by atoms with Crippen molar-refractivity contribution in [3.8, 4) is 0 Å². The van der Waals surface area contributed by atoms with E-state index in [0.717, 1.165) is 4.47 Å². The van der Waals surface area contributed by atoms with E-state index in [2.05, 4.69) is 25.9 Å². The van der Waals surface area contributed by atoms with Crippen molar-refractivity contribution in [1.29, 1.82) is 0 Å². The first kappa shape index (κ1) is 16.6. The highest BCUT2D eigenvalue weighted by molar-refractivity contribution is 9.10. The van der Waals surface area contributed by atoms with Crippen molar-refractivity contribution in [3.05, 3.63) is 28.7 Å². The van der Waals surface area contributed by atoms with Gasteiger partial charge in [0.2, 0.25) is 0 Å². The van der Waals surface area contributed by atoms with Crippen LogP contribution in [-0.2, 0) is 19.6 Å². The third-order valence-electron chi connectivity index (χ3n) is 2.19. The van der Waals surface area contributed by atoms with Crippen LogP contribution in [0.25, 0.3) is 0 Å². The van der Waals surface area contributed by atoms with Crippen LogP contribution < -0.4 is 4.83 Å². The summed E-state index contributed by atoms with van der Waals surface area (Å²) in [6.07, 6.45) is -0.0588. The molecule has 0 aliphatic rings. The zero-order valence-corrected chi connectivity index (χ0v) is 13.5. The molecule has 1 aromatic carbocycles. The highest BCUT2D eigenvalue weighted by Gasteiger charge is 2.13. The summed E-state index contributed by atoms with van der Waals surface area (Å²) in [5.74, 6) is -0.448. The lowest BCUT2D eigenvalue weighted by Crippen LogP contribution is -2.20. The van der Waals surface area contributed by atoms with Gasteiger partial charge in [-0.15, -0.1) is 0 Å². The number of sulfonamides is 1. The van der Waals surface area contributed by atoms with Gasteiger partial charge in [0.05, 0.1) is 17.9 Å². The number of hydrazone groups is 1. The van der Waals surface area contributed by atoms with E-state index in [1.807, 2.05) is 0 Å². The maximum Gasteiger partial charge on any atom is 0.311 e. The normalized spacial score (nSPS) is 12.1. The number of nitrogens with zero attached hydrogens (tertiary/aromatic N) is 1. The van der Waals surface area contributed by atoms with Gasteiger partial charge in [0.15, 0.2) is 0 Å². The Morgan fingerprint density at radius 1 is 1.35 bits per heavy atom. The van der Waals surface area contributed by atoms with E-state index in [-0.39, 0.29) is 17.9 Å². The summed E-state index contributed by atoms with van der Waals surface area (Å²) in [4.78, 5) is 13.4. The highest BCUT2D eigenvalue weighted by atomic mass is 79.9. The monoisotopic (exact) mass is 362 g/mol. The molecule has 1 aromatic rings. The average Bonchev–Trinajstić information content (AvgIpc) is 2.37. The van der Waals surface area contributed by atoms with Crippen molar-refractivity contribution in [1.82, 2.24) is 4.83 Å². The van der Waals surface area contributed by atoms with Gasteiger partial charge in [0, 0.05) is 10.2 Å². The molecule has 6 nitrogen and oxygen atoms in total. The first-order chi connectivity index (χ1) is 9.35. The van der Waals surface area contributed by atoms with E-state index < -0.39 is 16.0 Å². The molecular formula is C12H15BrN2O4S. The first-order valence-electron chi connectivity index (χ1n) is 5.81. The highest BCUT2D eigenvalue weighted by Crippen LogP contribution is 2.14. The molecule has 0 bridgehead atoms. The number of carbonyl (C=O) groups is 1. The van der Waals surface area contributed by atoms with Gasteiger partial charge in [-0.05, 0) is 38.1 Å². The second-order valence-electron chi connectivity index (χ2n) is 3.88. The zero-order chi connectivity index (χ0) is 15.2. The molecule has 0 saturated carbocycles. The number of halogens is 1. The van der Waals surface area contributed by atoms with E-state index in [9.17, 15) is 13.2 Å². The third kappa shape index (κ3) is 5.30. The number of rotatable bonds is 6. The minimum atomic E-state index is -3.73. The Hall–Kier alpha value is -1.41. The summed E-state index contributed by atoms with van der Waals surface area (Å²) in [7, 11) is -3.73. The summed E-state index contributed by atoms with van der Waals surface area (Å²) in [6, 6.07) is 6.12. The lowest BCUT2D eigenvalue weighted by molar-refractivity contribution is -0.141. The van der Waals surface area contributed by atoms with Crippen molar-refractivity contribution in [2.24, 2.45) is 5.10 Å². The topological polar surface area (TPSA) is 84.8 Å². The van der Waals surface area contributed by atoms with Crippen LogP contribution in [0.2, 0.25) is 0 Å². The van der Waals surface area contributed by atoms with Crippen molar-refractivity contribution < 1.29 is 17.9 Å². The first-order valence-corrected chi connectivity index (χ1v) is 8.09. The number of hydrogen-bond acceptors (Lipinski definition) is 5.